The van der Waals surface area contributed by atoms with Gasteiger partial charge in [0.25, 0.3) is 0 Å². The molecule has 1 heterocycles. The van der Waals surface area contributed by atoms with Gasteiger partial charge in [-0.2, -0.15) is 0 Å². The molecule has 2 N–H and O–H groups in total. The Morgan fingerprint density at radius 1 is 1.24 bits per heavy atom. The molecule has 0 aliphatic carbocycles. The summed E-state index contributed by atoms with van der Waals surface area (Å²) in [5, 5.41) is 5.07. The van der Waals surface area contributed by atoms with Crippen molar-refractivity contribution in [2.24, 2.45) is 0 Å². The Labute approximate surface area is 131 Å². The predicted octanol–water partition coefficient (Wildman–Crippen LogP) is 3.01. The number of carbonyl (C=O) groups excluding carboxylic acids is 1. The Bertz CT molecular complexity index is 631. The standard InChI is InChI=1S/C14H15BrN4O2/c1-9-3-4-12(5-10(9)2)21-8-18-14(20)19-13-16-6-11(15)7-17-13/h3-7H,8H2,1-2H3,(H2,16,17,18,19,20). The first-order valence-electron chi connectivity index (χ1n) is 6.27. The first-order valence-corrected chi connectivity index (χ1v) is 7.06. The van der Waals surface area contributed by atoms with Gasteiger partial charge in [-0.1, -0.05) is 6.07 Å². The zero-order valence-corrected chi connectivity index (χ0v) is 13.3. The van der Waals surface area contributed by atoms with Crippen LogP contribution < -0.4 is 15.4 Å². The second-order valence-electron chi connectivity index (χ2n) is 4.39. The van der Waals surface area contributed by atoms with Crippen molar-refractivity contribution in [3.8, 4) is 5.75 Å². The van der Waals surface area contributed by atoms with E-state index in [9.17, 15) is 4.79 Å². The molecule has 2 amide bonds. The number of hydrogen-bond donors (Lipinski definition) is 2. The minimum atomic E-state index is -0.429. The number of aromatic nitrogens is 2. The molecule has 2 aromatic rings. The molecule has 2 rings (SSSR count). The molecule has 0 radical (unpaired) electrons. The highest BCUT2D eigenvalue weighted by atomic mass is 79.9. The normalized spacial score (nSPS) is 10.0. The molecule has 0 saturated heterocycles. The van der Waals surface area contributed by atoms with Gasteiger partial charge in [-0.3, -0.25) is 5.32 Å². The average molecular weight is 351 g/mol. The lowest BCUT2D eigenvalue weighted by Crippen LogP contribution is -2.32. The number of rotatable bonds is 4. The van der Waals surface area contributed by atoms with E-state index in [1.807, 2.05) is 32.0 Å². The highest BCUT2D eigenvalue weighted by molar-refractivity contribution is 9.10. The van der Waals surface area contributed by atoms with Gasteiger partial charge in [0.2, 0.25) is 5.95 Å². The summed E-state index contributed by atoms with van der Waals surface area (Å²) in [5.74, 6) is 0.931. The first-order chi connectivity index (χ1) is 10.0. The highest BCUT2D eigenvalue weighted by Crippen LogP contribution is 2.15. The van der Waals surface area contributed by atoms with Crippen LogP contribution in [0.4, 0.5) is 10.7 Å². The number of hydrogen-bond acceptors (Lipinski definition) is 4. The molecule has 1 aromatic heterocycles. The van der Waals surface area contributed by atoms with Crippen molar-refractivity contribution in [1.82, 2.24) is 15.3 Å². The molecule has 21 heavy (non-hydrogen) atoms. The molecule has 0 unspecified atom stereocenters. The molecule has 7 heteroatoms. The fourth-order valence-electron chi connectivity index (χ4n) is 1.51. The lowest BCUT2D eigenvalue weighted by atomic mass is 10.1. The van der Waals surface area contributed by atoms with Crippen LogP contribution in [-0.2, 0) is 0 Å². The van der Waals surface area contributed by atoms with Gasteiger partial charge in [0.1, 0.15) is 5.75 Å². The van der Waals surface area contributed by atoms with Crippen molar-refractivity contribution in [3.63, 3.8) is 0 Å². The van der Waals surface area contributed by atoms with E-state index in [4.69, 9.17) is 4.74 Å². The van der Waals surface area contributed by atoms with Gasteiger partial charge in [0.15, 0.2) is 6.73 Å². The van der Waals surface area contributed by atoms with Gasteiger partial charge in [-0.25, -0.2) is 14.8 Å². The van der Waals surface area contributed by atoms with E-state index < -0.39 is 6.03 Å². The summed E-state index contributed by atoms with van der Waals surface area (Å²) in [7, 11) is 0. The van der Waals surface area contributed by atoms with Crippen LogP contribution in [0.1, 0.15) is 11.1 Å². The summed E-state index contributed by atoms with van der Waals surface area (Å²) in [4.78, 5) is 19.5. The molecular weight excluding hydrogens is 336 g/mol. The van der Waals surface area contributed by atoms with Crippen molar-refractivity contribution in [3.05, 3.63) is 46.2 Å². The summed E-state index contributed by atoms with van der Waals surface area (Å²) in [6.07, 6.45) is 3.10. The molecule has 0 atom stereocenters. The maximum atomic E-state index is 11.6. The maximum Gasteiger partial charge on any atom is 0.324 e. The summed E-state index contributed by atoms with van der Waals surface area (Å²) >= 11 is 3.22. The summed E-state index contributed by atoms with van der Waals surface area (Å²) < 4.78 is 6.19. The number of nitrogens with one attached hydrogen (secondary N) is 2. The topological polar surface area (TPSA) is 76.1 Å². The van der Waals surface area contributed by atoms with Gasteiger partial charge in [-0.15, -0.1) is 0 Å². The maximum absolute atomic E-state index is 11.6. The Kier molecular flexibility index (Phi) is 5.10. The number of nitrogens with zero attached hydrogens (tertiary/aromatic N) is 2. The lowest BCUT2D eigenvalue weighted by molar-refractivity contribution is 0.234. The minimum Gasteiger partial charge on any atom is -0.473 e. The van der Waals surface area contributed by atoms with Gasteiger partial charge in [0.05, 0.1) is 4.47 Å². The number of aryl methyl sites for hydroxylation is 2. The molecule has 0 spiro atoms. The summed E-state index contributed by atoms with van der Waals surface area (Å²) in [6, 6.07) is 5.33. The van der Waals surface area contributed by atoms with E-state index >= 15 is 0 Å². The van der Waals surface area contributed by atoms with Crippen molar-refractivity contribution in [2.75, 3.05) is 12.0 Å². The van der Waals surface area contributed by atoms with Crippen molar-refractivity contribution >= 4 is 27.9 Å². The second-order valence-corrected chi connectivity index (χ2v) is 5.31. The van der Waals surface area contributed by atoms with E-state index in [-0.39, 0.29) is 12.7 Å². The van der Waals surface area contributed by atoms with E-state index in [2.05, 4.69) is 36.5 Å². The monoisotopic (exact) mass is 350 g/mol. The van der Waals surface area contributed by atoms with Crippen molar-refractivity contribution in [1.29, 1.82) is 0 Å². The average Bonchev–Trinajstić information content (AvgIpc) is 2.45. The van der Waals surface area contributed by atoms with Gasteiger partial charge >= 0.3 is 6.03 Å². The second kappa shape index (κ2) is 7.03. The van der Waals surface area contributed by atoms with Crippen LogP contribution in [0.5, 0.6) is 5.75 Å². The number of urea groups is 1. The van der Waals surface area contributed by atoms with Crippen molar-refractivity contribution < 1.29 is 9.53 Å². The fraction of sp³-hybridized carbons (Fsp3) is 0.214. The van der Waals surface area contributed by atoms with Crippen LogP contribution in [0.25, 0.3) is 0 Å². The third-order valence-corrected chi connectivity index (χ3v) is 3.21. The third kappa shape index (κ3) is 4.71. The lowest BCUT2D eigenvalue weighted by Gasteiger charge is -2.10. The molecule has 110 valence electrons. The van der Waals surface area contributed by atoms with Gasteiger partial charge in [0, 0.05) is 12.4 Å². The number of carbonyl (C=O) groups is 1. The third-order valence-electron chi connectivity index (χ3n) is 2.80. The zero-order valence-electron chi connectivity index (χ0n) is 11.7. The number of amides is 2. The van der Waals surface area contributed by atoms with E-state index in [0.29, 0.717) is 5.75 Å². The van der Waals surface area contributed by atoms with E-state index in [1.54, 1.807) is 12.4 Å². The van der Waals surface area contributed by atoms with Gasteiger partial charge < -0.3 is 10.1 Å². The van der Waals surface area contributed by atoms with Crippen LogP contribution in [0, 0.1) is 13.8 Å². The smallest absolute Gasteiger partial charge is 0.324 e. The molecule has 0 aliphatic heterocycles. The summed E-state index contributed by atoms with van der Waals surface area (Å²) in [5.41, 5.74) is 2.33. The number of halogens is 1. The van der Waals surface area contributed by atoms with E-state index in [1.165, 1.54) is 5.56 Å². The van der Waals surface area contributed by atoms with Crippen LogP contribution in [-0.4, -0.2) is 22.7 Å². The molecule has 0 fully saturated rings. The highest BCUT2D eigenvalue weighted by Gasteiger charge is 2.04. The quantitative estimate of drug-likeness (QED) is 0.831. The van der Waals surface area contributed by atoms with Crippen LogP contribution >= 0.6 is 15.9 Å². The number of benzene rings is 1. The Morgan fingerprint density at radius 2 is 1.95 bits per heavy atom. The molecule has 1 aromatic carbocycles. The molecular formula is C14H15BrN4O2. The van der Waals surface area contributed by atoms with Crippen LogP contribution in [0.3, 0.4) is 0 Å². The Balaban J connectivity index is 1.78. The largest absolute Gasteiger partial charge is 0.473 e. The molecule has 0 bridgehead atoms. The van der Waals surface area contributed by atoms with Crippen molar-refractivity contribution in [2.45, 2.75) is 13.8 Å². The SMILES string of the molecule is Cc1ccc(OCNC(=O)Nc2ncc(Br)cn2)cc1C. The van der Waals surface area contributed by atoms with Crippen LogP contribution in [0.2, 0.25) is 0 Å². The molecule has 0 aliphatic rings. The fourth-order valence-corrected chi connectivity index (χ4v) is 1.72. The number of ether oxygens (including phenoxy) is 1. The van der Waals surface area contributed by atoms with Crippen LogP contribution in [0.15, 0.2) is 35.1 Å². The zero-order chi connectivity index (χ0) is 15.2. The van der Waals surface area contributed by atoms with E-state index in [0.717, 1.165) is 10.0 Å². The first kappa shape index (κ1) is 15.2. The summed E-state index contributed by atoms with van der Waals surface area (Å²) in [6.45, 7) is 4.10. The minimum absolute atomic E-state index is 0.0604. The number of anilines is 1. The predicted molar refractivity (Wildman–Crippen MR) is 83.3 cm³/mol. The Morgan fingerprint density at radius 3 is 2.62 bits per heavy atom. The molecule has 6 nitrogen and oxygen atoms in total. The van der Waals surface area contributed by atoms with Gasteiger partial charge in [-0.05, 0) is 53.0 Å². The Hall–Kier alpha value is -2.15. The molecule has 0 saturated carbocycles.